The quantitative estimate of drug-likeness (QED) is 0.338. The minimum absolute atomic E-state index is 0.0420. The molecule has 0 radical (unpaired) electrons. The van der Waals surface area contributed by atoms with Crippen LogP contribution in [-0.2, 0) is 28.4 Å². The summed E-state index contributed by atoms with van der Waals surface area (Å²) in [5.74, 6) is 1.22. The van der Waals surface area contributed by atoms with Crippen LogP contribution in [0.2, 0.25) is 0 Å². The van der Waals surface area contributed by atoms with Crippen molar-refractivity contribution in [1.29, 1.82) is 0 Å². The monoisotopic (exact) mass is 492 g/mol. The Bertz CT molecular complexity index is 1180. The van der Waals surface area contributed by atoms with Crippen LogP contribution in [0.3, 0.4) is 0 Å². The van der Waals surface area contributed by atoms with Gasteiger partial charge in [0.1, 0.15) is 12.2 Å². The van der Waals surface area contributed by atoms with E-state index >= 15 is 0 Å². The minimum Gasteiger partial charge on any atom is -0.425 e. The first-order chi connectivity index (χ1) is 17.5. The van der Waals surface area contributed by atoms with E-state index < -0.39 is 36.5 Å². The maximum absolute atomic E-state index is 12.8. The Morgan fingerprint density at radius 2 is 0.972 bits per heavy atom. The molecule has 2 aromatic rings. The third kappa shape index (κ3) is 6.48. The Labute approximate surface area is 206 Å². The summed E-state index contributed by atoms with van der Waals surface area (Å²) in [4.78, 5) is 50.2. The highest BCUT2D eigenvalue weighted by atomic mass is 16.8. The van der Waals surface area contributed by atoms with Crippen LogP contribution in [-0.4, -0.2) is 49.7 Å². The molecule has 1 aliphatic rings. The van der Waals surface area contributed by atoms with E-state index in [0.717, 1.165) is 0 Å². The van der Waals surface area contributed by atoms with Gasteiger partial charge >= 0.3 is 23.9 Å². The van der Waals surface area contributed by atoms with E-state index in [0.29, 0.717) is 0 Å². The molecular formula is C26H20O10. The van der Waals surface area contributed by atoms with Gasteiger partial charge in [-0.2, -0.15) is 0 Å². The first kappa shape index (κ1) is 26.0. The molecule has 0 amide bonds. The van der Waals surface area contributed by atoms with Crippen molar-refractivity contribution in [1.82, 2.24) is 0 Å². The molecule has 2 aromatic carbocycles. The fourth-order valence-electron chi connectivity index (χ4n) is 2.99. The highest BCUT2D eigenvalue weighted by Crippen LogP contribution is 2.20. The van der Waals surface area contributed by atoms with Gasteiger partial charge in [0, 0.05) is 13.8 Å². The Balaban J connectivity index is 1.76. The predicted octanol–water partition coefficient (Wildman–Crippen LogP) is 2.67. The van der Waals surface area contributed by atoms with E-state index in [1.807, 2.05) is 0 Å². The standard InChI is InChI=1S/C26H20O10/c1-3-13-31-21(27)17-9-5-7-11-19(17)23(29)35-25-26(34-16-15-33-25)36-24(30)20-12-8-6-10-18(20)22(28)32-14-4-2/h5-12,25-26H,15-16H2,1-2H3. The second-order valence-electron chi connectivity index (χ2n) is 6.86. The Morgan fingerprint density at radius 1 is 0.639 bits per heavy atom. The fraction of sp³-hybridized carbons (Fsp3) is 0.231. The summed E-state index contributed by atoms with van der Waals surface area (Å²) in [5.41, 5.74) is -0.411. The van der Waals surface area contributed by atoms with Crippen molar-refractivity contribution in [2.45, 2.75) is 26.4 Å². The summed E-state index contributed by atoms with van der Waals surface area (Å²) in [6.07, 6.45) is 1.42. The molecule has 10 heteroatoms. The molecule has 0 saturated carbocycles. The Morgan fingerprint density at radius 3 is 1.31 bits per heavy atom. The van der Waals surface area contributed by atoms with Crippen molar-refractivity contribution in [2.24, 2.45) is 0 Å². The van der Waals surface area contributed by atoms with Crippen LogP contribution in [0.25, 0.3) is 0 Å². The van der Waals surface area contributed by atoms with E-state index in [4.69, 9.17) is 28.4 Å². The summed E-state index contributed by atoms with van der Waals surface area (Å²) in [7, 11) is 0. The number of benzene rings is 2. The molecule has 10 nitrogen and oxygen atoms in total. The molecule has 2 atom stereocenters. The van der Waals surface area contributed by atoms with Crippen molar-refractivity contribution in [3.63, 3.8) is 0 Å². The lowest BCUT2D eigenvalue weighted by atomic mass is 10.1. The molecule has 184 valence electrons. The van der Waals surface area contributed by atoms with Crippen LogP contribution in [0, 0.1) is 24.1 Å². The lowest BCUT2D eigenvalue weighted by molar-refractivity contribution is -0.288. The molecular weight excluding hydrogens is 472 g/mol. The summed E-state index contributed by atoms with van der Waals surface area (Å²) < 4.78 is 31.0. The van der Waals surface area contributed by atoms with Crippen LogP contribution in [0.1, 0.15) is 55.3 Å². The summed E-state index contributed by atoms with van der Waals surface area (Å²) in [5, 5.41) is 0. The topological polar surface area (TPSA) is 124 Å². The van der Waals surface area contributed by atoms with Crippen LogP contribution >= 0.6 is 0 Å². The number of hydrogen-bond acceptors (Lipinski definition) is 10. The molecule has 1 fully saturated rings. The van der Waals surface area contributed by atoms with E-state index in [1.165, 1.54) is 62.4 Å². The normalized spacial score (nSPS) is 16.2. The number of ether oxygens (including phenoxy) is 6. The number of rotatable bonds is 6. The zero-order valence-electron chi connectivity index (χ0n) is 19.3. The van der Waals surface area contributed by atoms with E-state index in [-0.39, 0.29) is 35.5 Å². The minimum atomic E-state index is -1.46. The Hall–Kier alpha value is -4.64. The summed E-state index contributed by atoms with van der Waals surface area (Å²) >= 11 is 0. The third-order valence-corrected chi connectivity index (χ3v) is 4.54. The predicted molar refractivity (Wildman–Crippen MR) is 121 cm³/mol. The molecule has 2 unspecified atom stereocenters. The van der Waals surface area contributed by atoms with Gasteiger partial charge in [-0.1, -0.05) is 36.1 Å². The molecule has 0 aliphatic carbocycles. The largest absolute Gasteiger partial charge is 0.425 e. The molecule has 1 heterocycles. The zero-order chi connectivity index (χ0) is 25.9. The van der Waals surface area contributed by atoms with E-state index in [1.54, 1.807) is 0 Å². The maximum atomic E-state index is 12.8. The highest BCUT2D eigenvalue weighted by Gasteiger charge is 2.36. The van der Waals surface area contributed by atoms with Gasteiger partial charge in [0.2, 0.25) is 0 Å². The van der Waals surface area contributed by atoms with Crippen molar-refractivity contribution in [2.75, 3.05) is 13.2 Å². The fourth-order valence-corrected chi connectivity index (χ4v) is 2.99. The van der Waals surface area contributed by atoms with Gasteiger partial charge in [0.15, 0.2) is 0 Å². The van der Waals surface area contributed by atoms with Gasteiger partial charge in [0.25, 0.3) is 12.6 Å². The highest BCUT2D eigenvalue weighted by molar-refractivity contribution is 6.04. The van der Waals surface area contributed by atoms with Crippen molar-refractivity contribution >= 4 is 23.9 Å². The average molecular weight is 492 g/mol. The smallest absolute Gasteiger partial charge is 0.352 e. The second kappa shape index (κ2) is 12.7. The van der Waals surface area contributed by atoms with Crippen molar-refractivity contribution in [3.05, 3.63) is 70.8 Å². The number of carbonyl (C=O) groups excluding carboxylic acids is 4. The van der Waals surface area contributed by atoms with Gasteiger partial charge in [-0.3, -0.25) is 0 Å². The molecule has 0 bridgehead atoms. The van der Waals surface area contributed by atoms with Crippen LogP contribution in [0.5, 0.6) is 0 Å². The molecule has 0 N–H and O–H groups in total. The average Bonchev–Trinajstić information content (AvgIpc) is 2.91. The first-order valence-corrected chi connectivity index (χ1v) is 10.5. The summed E-state index contributed by atoms with van der Waals surface area (Å²) in [6, 6.07) is 11.5. The van der Waals surface area contributed by atoms with Gasteiger partial charge in [-0.05, 0) is 24.3 Å². The van der Waals surface area contributed by atoms with Gasteiger partial charge in [0.05, 0.1) is 35.5 Å². The van der Waals surface area contributed by atoms with Gasteiger partial charge in [-0.25, -0.2) is 19.2 Å². The first-order valence-electron chi connectivity index (χ1n) is 10.5. The number of esters is 4. The maximum Gasteiger partial charge on any atom is 0.352 e. The van der Waals surface area contributed by atoms with Gasteiger partial charge < -0.3 is 28.4 Å². The molecule has 3 rings (SSSR count). The second-order valence-corrected chi connectivity index (χ2v) is 6.86. The summed E-state index contributed by atoms with van der Waals surface area (Å²) in [6.45, 7) is 3.05. The van der Waals surface area contributed by atoms with Crippen LogP contribution in [0.4, 0.5) is 0 Å². The van der Waals surface area contributed by atoms with Crippen molar-refractivity contribution < 1.29 is 47.6 Å². The molecule has 1 saturated heterocycles. The number of hydrogen-bond donors (Lipinski definition) is 0. The Kier molecular flexibility index (Phi) is 9.18. The van der Waals surface area contributed by atoms with Gasteiger partial charge in [-0.15, -0.1) is 0 Å². The van der Waals surface area contributed by atoms with Crippen LogP contribution in [0.15, 0.2) is 48.5 Å². The van der Waals surface area contributed by atoms with E-state index in [2.05, 4.69) is 24.1 Å². The van der Waals surface area contributed by atoms with E-state index in [9.17, 15) is 19.2 Å². The lowest BCUT2D eigenvalue weighted by Crippen LogP contribution is -2.44. The zero-order valence-corrected chi connectivity index (χ0v) is 19.3. The van der Waals surface area contributed by atoms with Crippen LogP contribution < -0.4 is 0 Å². The SMILES string of the molecule is CC#COC(=O)c1ccccc1C(=O)OC1OCCOC1OC(=O)c1ccccc1C(=O)OC#CC. The molecule has 36 heavy (non-hydrogen) atoms. The number of carbonyl (C=O) groups is 4. The molecule has 0 aromatic heterocycles. The molecule has 0 spiro atoms. The van der Waals surface area contributed by atoms with Crippen molar-refractivity contribution in [3.8, 4) is 24.1 Å². The third-order valence-electron chi connectivity index (χ3n) is 4.54. The molecule has 1 aliphatic heterocycles. The lowest BCUT2D eigenvalue weighted by Gasteiger charge is -2.30.